The van der Waals surface area contributed by atoms with Crippen LogP contribution in [0.25, 0.3) is 39.8 Å². The molecular weight excluding hydrogens is 462 g/mol. The molecule has 8 heteroatoms. The Morgan fingerprint density at radius 1 is 1.00 bits per heavy atom. The van der Waals surface area contributed by atoms with E-state index in [0.717, 1.165) is 40.2 Å². The Labute approximate surface area is 216 Å². The first-order valence-corrected chi connectivity index (χ1v) is 12.6. The summed E-state index contributed by atoms with van der Waals surface area (Å²) in [6, 6.07) is 17.0. The van der Waals surface area contributed by atoms with Gasteiger partial charge in [-0.3, -0.25) is 0 Å². The molecule has 3 heterocycles. The Bertz CT molecular complexity index is 1520. The first-order valence-electron chi connectivity index (χ1n) is 12.6. The summed E-state index contributed by atoms with van der Waals surface area (Å²) in [5, 5.41) is 14.4. The second-order valence-corrected chi connectivity index (χ2v) is 9.08. The molecule has 2 N–H and O–H groups in total. The van der Waals surface area contributed by atoms with Crippen LogP contribution in [-0.2, 0) is 24.0 Å². The SMILES string of the molecule is CCc1nc2nc(/C=C/COC)cc(C)c2[nH]1.c1ccc(-c2nn[nH]n2)c(-c2ccc3c(c2)CCC3)c1. The van der Waals surface area contributed by atoms with E-state index in [2.05, 4.69) is 73.7 Å². The summed E-state index contributed by atoms with van der Waals surface area (Å²) in [5.41, 5.74) is 10.3. The molecule has 0 atom stereocenters. The molecule has 6 rings (SSSR count). The van der Waals surface area contributed by atoms with Crippen LogP contribution in [-0.4, -0.2) is 49.3 Å². The van der Waals surface area contributed by atoms with Gasteiger partial charge in [-0.25, -0.2) is 9.97 Å². The van der Waals surface area contributed by atoms with E-state index in [0.29, 0.717) is 12.4 Å². The van der Waals surface area contributed by atoms with Crippen LogP contribution in [0.15, 0.2) is 54.6 Å². The standard InChI is InChI=1S/C16H14N4.C13H17N3O/c1-2-7-15(16-17-19-20-18-16)14(6-1)13-9-8-11-4-3-5-12(11)10-13;1-4-11-15-12-9(2)8-10(6-5-7-17-3)14-13(12)16-11/h1-2,6-10H,3-5H2,(H,17,18,19,20);5-6,8H,4,7H2,1-3H3,(H,14,15,16)/b;6-5+. The minimum absolute atomic E-state index is 0.597. The highest BCUT2D eigenvalue weighted by Gasteiger charge is 2.14. The lowest BCUT2D eigenvalue weighted by atomic mass is 9.96. The molecule has 0 radical (unpaired) electrons. The van der Waals surface area contributed by atoms with Gasteiger partial charge in [0.15, 0.2) is 5.65 Å². The molecule has 188 valence electrons. The molecule has 0 bridgehead atoms. The van der Waals surface area contributed by atoms with Crippen molar-refractivity contribution in [2.75, 3.05) is 13.7 Å². The molecule has 37 heavy (non-hydrogen) atoms. The van der Waals surface area contributed by atoms with Crippen molar-refractivity contribution in [2.24, 2.45) is 0 Å². The van der Waals surface area contributed by atoms with Crippen LogP contribution >= 0.6 is 0 Å². The van der Waals surface area contributed by atoms with E-state index >= 15 is 0 Å². The van der Waals surface area contributed by atoms with Crippen LogP contribution in [0.2, 0.25) is 0 Å². The van der Waals surface area contributed by atoms with E-state index in [9.17, 15) is 0 Å². The first kappa shape index (κ1) is 24.5. The number of H-pyrrole nitrogens is 2. The van der Waals surface area contributed by atoms with Crippen LogP contribution < -0.4 is 0 Å². The van der Waals surface area contributed by atoms with Gasteiger partial charge in [-0.05, 0) is 71.4 Å². The van der Waals surface area contributed by atoms with Crippen molar-refractivity contribution in [1.29, 1.82) is 0 Å². The van der Waals surface area contributed by atoms with Gasteiger partial charge in [0.25, 0.3) is 0 Å². The Kier molecular flexibility index (Phi) is 7.46. The molecule has 0 amide bonds. The van der Waals surface area contributed by atoms with Gasteiger partial charge in [-0.15, -0.1) is 10.2 Å². The molecule has 0 spiro atoms. The highest BCUT2D eigenvalue weighted by Crippen LogP contribution is 2.33. The fourth-order valence-corrected chi connectivity index (χ4v) is 4.68. The van der Waals surface area contributed by atoms with E-state index < -0.39 is 0 Å². The first-order chi connectivity index (χ1) is 18.2. The molecule has 0 unspecified atom stereocenters. The zero-order chi connectivity index (χ0) is 25.6. The molecule has 0 saturated heterocycles. The quantitative estimate of drug-likeness (QED) is 0.323. The number of imidazole rings is 1. The largest absolute Gasteiger partial charge is 0.381 e. The Balaban J connectivity index is 0.000000154. The van der Waals surface area contributed by atoms with E-state index in [4.69, 9.17) is 4.74 Å². The molecule has 1 aliphatic rings. The molecule has 0 aliphatic heterocycles. The Hall–Kier alpha value is -4.17. The fourth-order valence-electron chi connectivity index (χ4n) is 4.68. The van der Waals surface area contributed by atoms with Crippen molar-refractivity contribution in [3.05, 3.63) is 82.8 Å². The van der Waals surface area contributed by atoms with Crippen LogP contribution in [0.1, 0.15) is 41.6 Å². The van der Waals surface area contributed by atoms with Gasteiger partial charge >= 0.3 is 0 Å². The summed E-state index contributed by atoms with van der Waals surface area (Å²) in [5.74, 6) is 1.62. The predicted octanol–water partition coefficient (Wildman–Crippen LogP) is 5.51. The number of aryl methyl sites for hydroxylation is 4. The number of nitrogens with one attached hydrogen (secondary N) is 2. The van der Waals surface area contributed by atoms with E-state index in [1.807, 2.05) is 36.4 Å². The van der Waals surface area contributed by atoms with Crippen LogP contribution in [0.5, 0.6) is 0 Å². The number of nitrogens with zero attached hydrogens (tertiary/aromatic N) is 5. The normalized spacial score (nSPS) is 12.6. The van der Waals surface area contributed by atoms with E-state index in [1.165, 1.54) is 41.5 Å². The average molecular weight is 494 g/mol. The lowest BCUT2D eigenvalue weighted by Crippen LogP contribution is -1.89. The number of methoxy groups -OCH3 is 1. The molecule has 3 aromatic heterocycles. The number of pyridine rings is 1. The number of ether oxygens (including phenoxy) is 1. The van der Waals surface area contributed by atoms with Crippen LogP contribution in [0.3, 0.4) is 0 Å². The predicted molar refractivity (Wildman–Crippen MR) is 146 cm³/mol. The second-order valence-electron chi connectivity index (χ2n) is 9.08. The van der Waals surface area contributed by atoms with E-state index in [-0.39, 0.29) is 0 Å². The average Bonchev–Trinajstić information content (AvgIpc) is 3.70. The van der Waals surface area contributed by atoms with Crippen molar-refractivity contribution in [3.8, 4) is 22.5 Å². The van der Waals surface area contributed by atoms with Crippen LogP contribution in [0.4, 0.5) is 0 Å². The van der Waals surface area contributed by atoms with Crippen molar-refractivity contribution < 1.29 is 4.74 Å². The zero-order valence-corrected chi connectivity index (χ0v) is 21.5. The smallest absolute Gasteiger partial charge is 0.205 e. The number of fused-ring (bicyclic) bond motifs is 2. The number of tetrazole rings is 1. The van der Waals surface area contributed by atoms with Gasteiger partial charge < -0.3 is 9.72 Å². The number of rotatable bonds is 6. The summed E-state index contributed by atoms with van der Waals surface area (Å²) in [6.45, 7) is 4.74. The van der Waals surface area contributed by atoms with Crippen LogP contribution in [0, 0.1) is 6.92 Å². The molecule has 0 saturated carbocycles. The number of hydrogen-bond donors (Lipinski definition) is 2. The topological polar surface area (TPSA) is 105 Å². The molecule has 8 nitrogen and oxygen atoms in total. The van der Waals surface area contributed by atoms with Crippen molar-refractivity contribution in [1.82, 2.24) is 35.6 Å². The maximum absolute atomic E-state index is 4.97. The second kappa shape index (κ2) is 11.3. The summed E-state index contributed by atoms with van der Waals surface area (Å²) in [7, 11) is 1.67. The summed E-state index contributed by atoms with van der Waals surface area (Å²) in [4.78, 5) is 12.2. The highest BCUT2D eigenvalue weighted by molar-refractivity contribution is 5.81. The van der Waals surface area contributed by atoms with Crippen molar-refractivity contribution in [3.63, 3.8) is 0 Å². The molecule has 0 fully saturated rings. The molecule has 5 aromatic rings. The summed E-state index contributed by atoms with van der Waals surface area (Å²) in [6.07, 6.45) is 8.46. The molecule has 2 aromatic carbocycles. The highest BCUT2D eigenvalue weighted by atomic mass is 16.5. The lowest BCUT2D eigenvalue weighted by molar-refractivity contribution is 0.234. The number of hydrogen-bond acceptors (Lipinski definition) is 6. The Morgan fingerprint density at radius 2 is 1.84 bits per heavy atom. The Morgan fingerprint density at radius 3 is 2.62 bits per heavy atom. The van der Waals surface area contributed by atoms with Gasteiger partial charge in [0.1, 0.15) is 5.82 Å². The fraction of sp³-hybridized carbons (Fsp3) is 0.276. The minimum Gasteiger partial charge on any atom is -0.381 e. The summed E-state index contributed by atoms with van der Waals surface area (Å²) >= 11 is 0. The van der Waals surface area contributed by atoms with E-state index in [1.54, 1.807) is 7.11 Å². The van der Waals surface area contributed by atoms with Crippen molar-refractivity contribution in [2.45, 2.75) is 39.5 Å². The third-order valence-electron chi connectivity index (χ3n) is 6.54. The lowest BCUT2D eigenvalue weighted by Gasteiger charge is -2.08. The summed E-state index contributed by atoms with van der Waals surface area (Å²) < 4.78 is 4.97. The maximum atomic E-state index is 4.97. The van der Waals surface area contributed by atoms with Gasteiger partial charge in [0.2, 0.25) is 5.82 Å². The van der Waals surface area contributed by atoms with Crippen molar-refractivity contribution >= 4 is 17.2 Å². The maximum Gasteiger partial charge on any atom is 0.205 e. The zero-order valence-electron chi connectivity index (χ0n) is 21.5. The van der Waals surface area contributed by atoms with Gasteiger partial charge in [0.05, 0.1) is 17.8 Å². The van der Waals surface area contributed by atoms with Gasteiger partial charge in [-0.2, -0.15) is 5.21 Å². The molecular formula is C29H31N7O. The van der Waals surface area contributed by atoms with Gasteiger partial charge in [-0.1, -0.05) is 55.5 Å². The number of aromatic nitrogens is 7. The third-order valence-corrected chi connectivity index (χ3v) is 6.54. The number of benzene rings is 2. The number of aromatic amines is 2. The molecule has 1 aliphatic carbocycles. The minimum atomic E-state index is 0.597. The monoisotopic (exact) mass is 493 g/mol. The van der Waals surface area contributed by atoms with Gasteiger partial charge in [0, 0.05) is 19.1 Å². The third kappa shape index (κ3) is 5.49.